The van der Waals surface area contributed by atoms with Gasteiger partial charge in [0.25, 0.3) is 0 Å². The van der Waals surface area contributed by atoms with Gasteiger partial charge in [-0.25, -0.2) is 0 Å². The Morgan fingerprint density at radius 3 is 2.25 bits per heavy atom. The first-order valence-corrected chi connectivity index (χ1v) is 7.17. The lowest BCUT2D eigenvalue weighted by Gasteiger charge is -2.06. The van der Waals surface area contributed by atoms with E-state index >= 15 is 0 Å². The molecule has 2 N–H and O–H groups in total. The molecule has 0 saturated carbocycles. The van der Waals surface area contributed by atoms with Crippen LogP contribution in [0.1, 0.15) is 18.9 Å². The summed E-state index contributed by atoms with van der Waals surface area (Å²) in [6.45, 7) is 6.25. The third kappa shape index (κ3) is 5.99. The summed E-state index contributed by atoms with van der Waals surface area (Å²) in [6, 6.07) is 6.33. The minimum Gasteiger partial charge on any atom is -0.317 e. The standard InChI is InChI=1S/C12H18Br2N2/c1-2-15-4-3-5-16-9-10-6-11(13)8-12(14)7-10/h6-8,15-16H,2-5,9H2,1H3. The maximum absolute atomic E-state index is 3.49. The van der Waals surface area contributed by atoms with Crippen molar-refractivity contribution >= 4 is 31.9 Å². The third-order valence-electron chi connectivity index (χ3n) is 2.21. The summed E-state index contributed by atoms with van der Waals surface area (Å²) in [5.74, 6) is 0. The van der Waals surface area contributed by atoms with Gasteiger partial charge in [-0.15, -0.1) is 0 Å². The molecule has 0 atom stereocenters. The number of nitrogens with one attached hydrogen (secondary N) is 2. The second-order valence-electron chi connectivity index (χ2n) is 3.66. The zero-order valence-corrected chi connectivity index (χ0v) is 12.7. The van der Waals surface area contributed by atoms with Crippen LogP contribution >= 0.6 is 31.9 Å². The minimum absolute atomic E-state index is 0.921. The summed E-state index contributed by atoms with van der Waals surface area (Å²) >= 11 is 6.98. The van der Waals surface area contributed by atoms with Crippen LogP contribution in [-0.4, -0.2) is 19.6 Å². The molecule has 0 radical (unpaired) electrons. The molecule has 0 amide bonds. The van der Waals surface area contributed by atoms with Crippen LogP contribution in [0, 0.1) is 0 Å². The summed E-state index contributed by atoms with van der Waals surface area (Å²) in [5.41, 5.74) is 1.30. The van der Waals surface area contributed by atoms with Crippen LogP contribution in [0.5, 0.6) is 0 Å². The van der Waals surface area contributed by atoms with Gasteiger partial charge in [0.05, 0.1) is 0 Å². The van der Waals surface area contributed by atoms with Crippen LogP contribution in [0.3, 0.4) is 0 Å². The van der Waals surface area contributed by atoms with E-state index in [1.165, 1.54) is 12.0 Å². The highest BCUT2D eigenvalue weighted by atomic mass is 79.9. The fourth-order valence-electron chi connectivity index (χ4n) is 1.46. The first-order chi connectivity index (χ1) is 7.72. The van der Waals surface area contributed by atoms with E-state index in [1.54, 1.807) is 0 Å². The van der Waals surface area contributed by atoms with Gasteiger partial charge in [-0.05, 0) is 49.8 Å². The second-order valence-corrected chi connectivity index (χ2v) is 5.49. The van der Waals surface area contributed by atoms with Crippen LogP contribution in [0.4, 0.5) is 0 Å². The van der Waals surface area contributed by atoms with Gasteiger partial charge in [-0.1, -0.05) is 38.8 Å². The summed E-state index contributed by atoms with van der Waals surface area (Å²) in [4.78, 5) is 0. The fraction of sp³-hybridized carbons (Fsp3) is 0.500. The quantitative estimate of drug-likeness (QED) is 0.738. The Balaban J connectivity index is 2.21. The topological polar surface area (TPSA) is 24.1 Å². The average molecular weight is 350 g/mol. The summed E-state index contributed by atoms with van der Waals surface area (Å²) < 4.78 is 2.23. The molecule has 0 aliphatic heterocycles. The van der Waals surface area contributed by atoms with Gasteiger partial charge in [-0.2, -0.15) is 0 Å². The monoisotopic (exact) mass is 348 g/mol. The molecule has 0 bridgehead atoms. The van der Waals surface area contributed by atoms with E-state index in [9.17, 15) is 0 Å². The Labute approximate surface area is 114 Å². The first kappa shape index (κ1) is 14.2. The molecule has 1 aromatic rings. The van der Waals surface area contributed by atoms with Crippen LogP contribution in [0.15, 0.2) is 27.1 Å². The largest absolute Gasteiger partial charge is 0.317 e. The highest BCUT2D eigenvalue weighted by molar-refractivity contribution is 9.11. The lowest BCUT2D eigenvalue weighted by atomic mass is 10.2. The third-order valence-corrected chi connectivity index (χ3v) is 3.12. The van der Waals surface area contributed by atoms with E-state index in [1.807, 2.05) is 0 Å². The molecule has 90 valence electrons. The van der Waals surface area contributed by atoms with E-state index in [0.717, 1.165) is 35.1 Å². The van der Waals surface area contributed by atoms with E-state index in [0.29, 0.717) is 0 Å². The molecular formula is C12H18Br2N2. The average Bonchev–Trinajstić information content (AvgIpc) is 2.22. The van der Waals surface area contributed by atoms with Gasteiger partial charge in [0.15, 0.2) is 0 Å². The number of hydrogen-bond acceptors (Lipinski definition) is 2. The molecule has 1 aromatic carbocycles. The van der Waals surface area contributed by atoms with Crippen molar-refractivity contribution in [3.63, 3.8) is 0 Å². The lowest BCUT2D eigenvalue weighted by Crippen LogP contribution is -2.21. The van der Waals surface area contributed by atoms with Gasteiger partial charge in [0.2, 0.25) is 0 Å². The Kier molecular flexibility index (Phi) is 7.28. The lowest BCUT2D eigenvalue weighted by molar-refractivity contribution is 0.606. The molecule has 0 saturated heterocycles. The number of rotatable bonds is 7. The smallest absolute Gasteiger partial charge is 0.0206 e. The number of benzene rings is 1. The van der Waals surface area contributed by atoms with E-state index in [4.69, 9.17) is 0 Å². The molecule has 4 heteroatoms. The van der Waals surface area contributed by atoms with Crippen molar-refractivity contribution in [1.82, 2.24) is 10.6 Å². The zero-order valence-electron chi connectivity index (χ0n) is 9.52. The minimum atomic E-state index is 0.921. The molecule has 0 aromatic heterocycles. The van der Waals surface area contributed by atoms with Gasteiger partial charge in [-0.3, -0.25) is 0 Å². The van der Waals surface area contributed by atoms with Crippen LogP contribution in [-0.2, 0) is 6.54 Å². The molecule has 2 nitrogen and oxygen atoms in total. The predicted molar refractivity (Wildman–Crippen MR) is 76.7 cm³/mol. The van der Waals surface area contributed by atoms with Crippen molar-refractivity contribution in [3.05, 3.63) is 32.7 Å². The molecule has 1 rings (SSSR count). The zero-order chi connectivity index (χ0) is 11.8. The fourth-order valence-corrected chi connectivity index (χ4v) is 2.85. The summed E-state index contributed by atoms with van der Waals surface area (Å²) in [5, 5.41) is 6.74. The SMILES string of the molecule is CCNCCCNCc1cc(Br)cc(Br)c1. The van der Waals surface area contributed by atoms with Crippen LogP contribution < -0.4 is 10.6 Å². The molecule has 0 fully saturated rings. The highest BCUT2D eigenvalue weighted by Crippen LogP contribution is 2.19. The highest BCUT2D eigenvalue weighted by Gasteiger charge is 1.97. The predicted octanol–water partition coefficient (Wildman–Crippen LogP) is 3.30. The second kappa shape index (κ2) is 8.23. The molecular weight excluding hydrogens is 332 g/mol. The van der Waals surface area contributed by atoms with Crippen molar-refractivity contribution < 1.29 is 0 Å². The maximum atomic E-state index is 3.49. The van der Waals surface area contributed by atoms with Crippen LogP contribution in [0.2, 0.25) is 0 Å². The van der Waals surface area contributed by atoms with Gasteiger partial charge in [0, 0.05) is 15.5 Å². The first-order valence-electron chi connectivity index (χ1n) is 5.58. The molecule has 0 unspecified atom stereocenters. The molecule has 0 aliphatic carbocycles. The van der Waals surface area contributed by atoms with Gasteiger partial charge < -0.3 is 10.6 Å². The van der Waals surface area contributed by atoms with Crippen molar-refractivity contribution in [2.24, 2.45) is 0 Å². The number of hydrogen-bond donors (Lipinski definition) is 2. The van der Waals surface area contributed by atoms with E-state index in [-0.39, 0.29) is 0 Å². The Morgan fingerprint density at radius 2 is 1.62 bits per heavy atom. The summed E-state index contributed by atoms with van der Waals surface area (Å²) in [6.07, 6.45) is 1.17. The van der Waals surface area contributed by atoms with Crippen molar-refractivity contribution in [3.8, 4) is 0 Å². The van der Waals surface area contributed by atoms with Crippen molar-refractivity contribution in [2.75, 3.05) is 19.6 Å². The summed E-state index contributed by atoms with van der Waals surface area (Å²) in [7, 11) is 0. The molecule has 16 heavy (non-hydrogen) atoms. The van der Waals surface area contributed by atoms with Crippen LogP contribution in [0.25, 0.3) is 0 Å². The Morgan fingerprint density at radius 1 is 1.00 bits per heavy atom. The van der Waals surface area contributed by atoms with E-state index < -0.39 is 0 Å². The maximum Gasteiger partial charge on any atom is 0.0206 e. The Bertz CT molecular complexity index is 296. The molecule has 0 spiro atoms. The molecule has 0 heterocycles. The van der Waals surface area contributed by atoms with Gasteiger partial charge in [0.1, 0.15) is 0 Å². The van der Waals surface area contributed by atoms with E-state index in [2.05, 4.69) is 67.6 Å². The van der Waals surface area contributed by atoms with Crippen molar-refractivity contribution in [1.29, 1.82) is 0 Å². The number of halogens is 2. The molecule has 0 aliphatic rings. The Hall–Kier alpha value is 0.1000. The normalized spacial score (nSPS) is 10.7. The van der Waals surface area contributed by atoms with Gasteiger partial charge >= 0.3 is 0 Å². The van der Waals surface area contributed by atoms with Crippen molar-refractivity contribution in [2.45, 2.75) is 19.9 Å².